The van der Waals surface area contributed by atoms with Gasteiger partial charge in [0.25, 0.3) is 0 Å². The highest BCUT2D eigenvalue weighted by Gasteiger charge is 2.11. The molecule has 7 heteroatoms. The van der Waals surface area contributed by atoms with E-state index < -0.39 is 0 Å². The molecule has 0 radical (unpaired) electrons. The molecule has 0 unspecified atom stereocenters. The van der Waals surface area contributed by atoms with Crippen LogP contribution in [0.25, 0.3) is 20.4 Å². The highest BCUT2D eigenvalue weighted by molar-refractivity contribution is 8.13. The first kappa shape index (κ1) is 14.5. The Morgan fingerprint density at radius 2 is 1.23 bits per heavy atom. The molecule has 0 amide bonds. The van der Waals surface area contributed by atoms with E-state index in [9.17, 15) is 0 Å². The standard InChI is InChI=1S/C15H11N3S4/c1-18(21-14-16-10-6-2-4-8-12(10)19-14)22-15-17-11-7-3-5-9-13(11)20-15/h2-9H,1H3. The van der Waals surface area contributed by atoms with Crippen LogP contribution in [0, 0.1) is 0 Å². The lowest BCUT2D eigenvalue weighted by molar-refractivity contribution is 0.935. The summed E-state index contributed by atoms with van der Waals surface area (Å²) in [6, 6.07) is 16.5. The zero-order valence-electron chi connectivity index (χ0n) is 11.6. The average molecular weight is 362 g/mol. The minimum atomic E-state index is 1.05. The van der Waals surface area contributed by atoms with Crippen molar-refractivity contribution in [2.45, 2.75) is 8.68 Å². The zero-order valence-corrected chi connectivity index (χ0v) is 14.9. The van der Waals surface area contributed by atoms with Crippen LogP contribution in [0.15, 0.2) is 57.2 Å². The molecule has 110 valence electrons. The van der Waals surface area contributed by atoms with E-state index in [0.29, 0.717) is 0 Å². The number of nitrogens with zero attached hydrogens (tertiary/aromatic N) is 3. The van der Waals surface area contributed by atoms with Gasteiger partial charge in [-0.25, -0.2) is 9.97 Å². The van der Waals surface area contributed by atoms with Gasteiger partial charge in [0.1, 0.15) is 0 Å². The van der Waals surface area contributed by atoms with E-state index in [1.807, 2.05) is 19.2 Å². The van der Waals surface area contributed by atoms with Gasteiger partial charge in [-0.3, -0.25) is 0 Å². The second kappa shape index (κ2) is 6.17. The van der Waals surface area contributed by atoms with Crippen LogP contribution < -0.4 is 0 Å². The van der Waals surface area contributed by atoms with Crippen molar-refractivity contribution < 1.29 is 0 Å². The molecule has 0 aliphatic rings. The van der Waals surface area contributed by atoms with Crippen molar-refractivity contribution in [2.75, 3.05) is 7.05 Å². The second-order valence-electron chi connectivity index (χ2n) is 4.52. The van der Waals surface area contributed by atoms with Crippen LogP contribution >= 0.6 is 46.6 Å². The summed E-state index contributed by atoms with van der Waals surface area (Å²) in [6.07, 6.45) is 0. The molecule has 2 aromatic heterocycles. The van der Waals surface area contributed by atoms with Crippen molar-refractivity contribution in [3.8, 4) is 0 Å². The van der Waals surface area contributed by atoms with Crippen molar-refractivity contribution in [3.63, 3.8) is 0 Å². The van der Waals surface area contributed by atoms with Gasteiger partial charge in [0.2, 0.25) is 0 Å². The highest BCUT2D eigenvalue weighted by Crippen LogP contribution is 2.38. The van der Waals surface area contributed by atoms with E-state index in [0.717, 1.165) is 19.7 Å². The minimum absolute atomic E-state index is 1.05. The Morgan fingerprint density at radius 3 is 1.68 bits per heavy atom. The van der Waals surface area contributed by atoms with Crippen molar-refractivity contribution >= 4 is 67.0 Å². The van der Waals surface area contributed by atoms with Crippen LogP contribution in [0.2, 0.25) is 0 Å². The Hall–Kier alpha value is -1.12. The van der Waals surface area contributed by atoms with Crippen LogP contribution in [-0.4, -0.2) is 20.7 Å². The number of benzene rings is 2. The average Bonchev–Trinajstić information content (AvgIpc) is 3.08. The molecule has 2 heterocycles. The summed E-state index contributed by atoms with van der Waals surface area (Å²) in [5, 5.41) is 0. The lowest BCUT2D eigenvalue weighted by Crippen LogP contribution is -1.96. The molecule has 0 bridgehead atoms. The Bertz CT molecular complexity index is 788. The first-order chi connectivity index (χ1) is 10.8. The van der Waals surface area contributed by atoms with Crippen LogP contribution in [0.4, 0.5) is 0 Å². The summed E-state index contributed by atoms with van der Waals surface area (Å²) < 4.78 is 6.66. The van der Waals surface area contributed by atoms with Gasteiger partial charge in [-0.15, -0.1) is 22.7 Å². The van der Waals surface area contributed by atoms with Crippen LogP contribution in [-0.2, 0) is 0 Å². The summed E-state index contributed by atoms with van der Waals surface area (Å²) in [6.45, 7) is 0. The van der Waals surface area contributed by atoms with Crippen LogP contribution in [0.5, 0.6) is 0 Å². The molecule has 0 saturated heterocycles. The molecular weight excluding hydrogens is 350 g/mol. The van der Waals surface area contributed by atoms with Crippen molar-refractivity contribution in [1.82, 2.24) is 13.7 Å². The Morgan fingerprint density at radius 1 is 0.773 bits per heavy atom. The van der Waals surface area contributed by atoms with Gasteiger partial charge in [-0.2, -0.15) is 3.71 Å². The first-order valence-electron chi connectivity index (χ1n) is 6.59. The van der Waals surface area contributed by atoms with Crippen molar-refractivity contribution in [1.29, 1.82) is 0 Å². The van der Waals surface area contributed by atoms with Gasteiger partial charge in [0.05, 0.1) is 20.4 Å². The molecule has 22 heavy (non-hydrogen) atoms. The first-order valence-corrected chi connectivity index (χ1v) is 9.77. The molecule has 0 aliphatic heterocycles. The maximum Gasteiger partial charge on any atom is 0.167 e. The summed E-state index contributed by atoms with van der Waals surface area (Å²) in [5.41, 5.74) is 2.13. The fourth-order valence-electron chi connectivity index (χ4n) is 2.02. The topological polar surface area (TPSA) is 29.0 Å². The fraction of sp³-hybridized carbons (Fsp3) is 0.0667. The Labute approximate surface area is 144 Å². The number of aromatic nitrogens is 2. The van der Waals surface area contributed by atoms with E-state index >= 15 is 0 Å². The normalized spacial score (nSPS) is 11.7. The number of fused-ring (bicyclic) bond motifs is 2. The Balaban J connectivity index is 1.50. The maximum atomic E-state index is 4.65. The lowest BCUT2D eigenvalue weighted by Gasteiger charge is -2.09. The van der Waals surface area contributed by atoms with Crippen molar-refractivity contribution in [3.05, 3.63) is 48.5 Å². The van der Waals surface area contributed by atoms with Crippen LogP contribution in [0.1, 0.15) is 0 Å². The van der Waals surface area contributed by atoms with E-state index in [4.69, 9.17) is 0 Å². The number of hydrogen-bond donors (Lipinski definition) is 0. The smallest absolute Gasteiger partial charge is 0.167 e. The molecule has 4 aromatic rings. The van der Waals surface area contributed by atoms with Crippen molar-refractivity contribution in [2.24, 2.45) is 0 Å². The summed E-state index contributed by atoms with van der Waals surface area (Å²) >= 11 is 6.73. The molecular formula is C15H11N3S4. The highest BCUT2D eigenvalue weighted by atomic mass is 32.2. The SMILES string of the molecule is CN(Sc1nc2ccccc2s1)Sc1nc2ccccc2s1. The fourth-order valence-corrected chi connectivity index (χ4v) is 6.49. The van der Waals surface area contributed by atoms with E-state index in [2.05, 4.69) is 50.1 Å². The van der Waals surface area contributed by atoms with Gasteiger partial charge in [-0.05, 0) is 24.3 Å². The third-order valence-electron chi connectivity index (χ3n) is 2.96. The number of rotatable bonds is 4. The zero-order chi connectivity index (χ0) is 14.9. The molecule has 0 saturated carbocycles. The molecule has 0 aliphatic carbocycles. The van der Waals surface area contributed by atoms with Gasteiger partial charge in [0, 0.05) is 30.9 Å². The van der Waals surface area contributed by atoms with Crippen LogP contribution in [0.3, 0.4) is 0 Å². The quantitative estimate of drug-likeness (QED) is 0.444. The molecule has 4 rings (SSSR count). The molecule has 0 fully saturated rings. The number of para-hydroxylation sites is 2. The molecule has 0 atom stereocenters. The third kappa shape index (κ3) is 3.00. The maximum absolute atomic E-state index is 4.65. The third-order valence-corrected chi connectivity index (χ3v) is 7.03. The summed E-state index contributed by atoms with van der Waals surface area (Å²) in [7, 11) is 2.05. The molecule has 0 N–H and O–H groups in total. The van der Waals surface area contributed by atoms with E-state index in [-0.39, 0.29) is 0 Å². The van der Waals surface area contributed by atoms with Gasteiger partial charge in [-0.1, -0.05) is 24.3 Å². The second-order valence-corrected chi connectivity index (χ2v) is 9.56. The van der Waals surface area contributed by atoms with Gasteiger partial charge in [0.15, 0.2) is 8.68 Å². The van der Waals surface area contributed by atoms with E-state index in [1.165, 1.54) is 9.40 Å². The number of thiazole rings is 2. The number of hydrogen-bond acceptors (Lipinski definition) is 7. The minimum Gasteiger partial charge on any atom is -0.228 e. The van der Waals surface area contributed by atoms with Gasteiger partial charge >= 0.3 is 0 Å². The molecule has 0 spiro atoms. The van der Waals surface area contributed by atoms with E-state index in [1.54, 1.807) is 46.6 Å². The monoisotopic (exact) mass is 361 g/mol. The summed E-state index contributed by atoms with van der Waals surface area (Å²) in [4.78, 5) is 9.29. The predicted molar refractivity (Wildman–Crippen MR) is 98.7 cm³/mol. The lowest BCUT2D eigenvalue weighted by atomic mass is 10.3. The van der Waals surface area contributed by atoms with Gasteiger partial charge < -0.3 is 0 Å². The molecule has 3 nitrogen and oxygen atoms in total. The molecule has 2 aromatic carbocycles. The Kier molecular flexibility index (Phi) is 4.06. The predicted octanol–water partition coefficient (Wildman–Crippen LogP) is 5.55. The largest absolute Gasteiger partial charge is 0.228 e. The summed E-state index contributed by atoms with van der Waals surface area (Å²) in [5.74, 6) is 0.